The molecule has 0 N–H and O–H groups in total. The number of allylic oxidation sites excluding steroid dienone is 2. The van der Waals surface area contributed by atoms with Crippen LogP contribution in [-0.4, -0.2) is 0 Å². The molecule has 0 fully saturated rings. The first-order valence-corrected chi connectivity index (χ1v) is 3.06. The van der Waals surface area contributed by atoms with Crippen LogP contribution in [0.3, 0.4) is 0 Å². The van der Waals surface area contributed by atoms with E-state index in [1.807, 2.05) is 0 Å². The first kappa shape index (κ1) is 10.5. The van der Waals surface area contributed by atoms with Crippen molar-refractivity contribution >= 4 is 0 Å². The van der Waals surface area contributed by atoms with Crippen molar-refractivity contribution < 1.29 is 0 Å². The fourth-order valence-corrected chi connectivity index (χ4v) is 0.333. The van der Waals surface area contributed by atoms with Crippen LogP contribution in [0, 0.1) is 0 Å². The molecule has 0 saturated heterocycles. The van der Waals surface area contributed by atoms with Crippen molar-refractivity contribution in [2.45, 2.75) is 26.7 Å². The summed E-state index contributed by atoms with van der Waals surface area (Å²) in [5, 5.41) is 0. The van der Waals surface area contributed by atoms with Crippen molar-refractivity contribution in [3.05, 3.63) is 25.3 Å². The summed E-state index contributed by atoms with van der Waals surface area (Å²) in [5.74, 6) is 0. The quantitative estimate of drug-likeness (QED) is 0.481. The van der Waals surface area contributed by atoms with Gasteiger partial charge in [-0.15, -0.1) is 13.2 Å². The van der Waals surface area contributed by atoms with E-state index in [0.717, 1.165) is 0 Å². The lowest BCUT2D eigenvalue weighted by atomic mass is 10.4. The molecule has 0 amide bonds. The molecule has 0 aliphatic heterocycles. The zero-order valence-electron chi connectivity index (χ0n) is 5.98. The summed E-state index contributed by atoms with van der Waals surface area (Å²) in [6.07, 6.45) is 6.71. The van der Waals surface area contributed by atoms with E-state index in [1.165, 1.54) is 12.8 Å². The zero-order valence-corrected chi connectivity index (χ0v) is 5.98. The van der Waals surface area contributed by atoms with Crippen LogP contribution in [0.5, 0.6) is 0 Å². The van der Waals surface area contributed by atoms with Crippen molar-refractivity contribution in [2.24, 2.45) is 0 Å². The van der Waals surface area contributed by atoms with Crippen LogP contribution in [0.25, 0.3) is 0 Å². The highest BCUT2D eigenvalue weighted by Gasteiger charge is 1.60. The maximum atomic E-state index is 3.00. The summed E-state index contributed by atoms with van der Waals surface area (Å²) < 4.78 is 0. The van der Waals surface area contributed by atoms with Gasteiger partial charge in [-0.3, -0.25) is 0 Å². The minimum absolute atomic E-state index is 1.17. The van der Waals surface area contributed by atoms with Crippen LogP contribution in [0.15, 0.2) is 25.3 Å². The Kier molecular flexibility index (Phi) is 21.0. The Labute approximate surface area is 52.9 Å². The topological polar surface area (TPSA) is 0 Å². The second kappa shape index (κ2) is 16.1. The summed E-state index contributed by atoms with van der Waals surface area (Å²) in [6, 6.07) is 0. The fraction of sp³-hybridized carbons (Fsp3) is 0.500. The highest BCUT2D eigenvalue weighted by molar-refractivity contribution is 4.77. The van der Waals surface area contributed by atoms with E-state index in [0.29, 0.717) is 0 Å². The first-order chi connectivity index (χ1) is 3.91. The van der Waals surface area contributed by atoms with Crippen molar-refractivity contribution in [2.75, 3.05) is 0 Å². The van der Waals surface area contributed by atoms with E-state index in [4.69, 9.17) is 0 Å². The molecule has 8 heavy (non-hydrogen) atoms. The van der Waals surface area contributed by atoms with E-state index in [2.05, 4.69) is 39.2 Å². The van der Waals surface area contributed by atoms with Crippen LogP contribution in [0.1, 0.15) is 26.7 Å². The second-order valence-corrected chi connectivity index (χ2v) is 1.29. The van der Waals surface area contributed by atoms with Gasteiger partial charge in [0.15, 0.2) is 0 Å². The van der Waals surface area contributed by atoms with Gasteiger partial charge >= 0.3 is 0 Å². The van der Waals surface area contributed by atoms with Gasteiger partial charge in [0, 0.05) is 0 Å². The lowest BCUT2D eigenvalue weighted by molar-refractivity contribution is 1.16. The Balaban J connectivity index is 0. The monoisotopic (exact) mass is 112 g/mol. The van der Waals surface area contributed by atoms with Gasteiger partial charge < -0.3 is 0 Å². The smallest absolute Gasteiger partial charge is 0.0379 e. The largest absolute Gasteiger partial charge is 0.106 e. The third kappa shape index (κ3) is 17.9. The average Bonchev–Trinajstić information content (AvgIpc) is 1.88. The van der Waals surface area contributed by atoms with Crippen molar-refractivity contribution in [1.82, 2.24) is 0 Å². The van der Waals surface area contributed by atoms with Crippen LogP contribution in [-0.2, 0) is 0 Å². The molecule has 0 spiro atoms. The van der Waals surface area contributed by atoms with Crippen LogP contribution >= 0.6 is 0 Å². The first-order valence-electron chi connectivity index (χ1n) is 3.06. The molecule has 0 nitrogen and oxygen atoms in total. The summed E-state index contributed by atoms with van der Waals surface area (Å²) in [7, 11) is 0. The van der Waals surface area contributed by atoms with Gasteiger partial charge in [0.1, 0.15) is 0 Å². The lowest BCUT2D eigenvalue weighted by Gasteiger charge is -1.72. The Bertz CT molecular complexity index is 38.0. The van der Waals surface area contributed by atoms with E-state index in [-0.39, 0.29) is 0 Å². The van der Waals surface area contributed by atoms with Crippen LogP contribution in [0.2, 0.25) is 0 Å². The molecule has 0 saturated carbocycles. The van der Waals surface area contributed by atoms with Gasteiger partial charge in [-0.2, -0.15) is 0 Å². The van der Waals surface area contributed by atoms with Crippen molar-refractivity contribution in [3.8, 4) is 0 Å². The zero-order chi connectivity index (χ0) is 6.83. The highest BCUT2D eigenvalue weighted by atomic mass is 13.7. The van der Waals surface area contributed by atoms with E-state index in [1.54, 1.807) is 0 Å². The minimum Gasteiger partial charge on any atom is -0.106 e. The van der Waals surface area contributed by atoms with Crippen LogP contribution < -0.4 is 0 Å². The SMILES string of the molecule is C=C.CC/C=C/CC. The number of hydrogen-bond acceptors (Lipinski definition) is 0. The molecular formula is C8H16. The van der Waals surface area contributed by atoms with Gasteiger partial charge in [-0.1, -0.05) is 26.0 Å². The Morgan fingerprint density at radius 1 is 1.00 bits per heavy atom. The molecule has 0 heterocycles. The van der Waals surface area contributed by atoms with Crippen molar-refractivity contribution in [1.29, 1.82) is 0 Å². The number of rotatable bonds is 2. The Morgan fingerprint density at radius 2 is 1.25 bits per heavy atom. The van der Waals surface area contributed by atoms with Gasteiger partial charge in [-0.25, -0.2) is 0 Å². The standard InChI is InChI=1S/C6H12.C2H4/c1-3-5-6-4-2;1-2/h5-6H,3-4H2,1-2H3;1-2H2/b6-5+;. The Morgan fingerprint density at radius 3 is 1.38 bits per heavy atom. The van der Waals surface area contributed by atoms with Gasteiger partial charge in [0.25, 0.3) is 0 Å². The lowest BCUT2D eigenvalue weighted by Crippen LogP contribution is -1.51. The summed E-state index contributed by atoms with van der Waals surface area (Å²) >= 11 is 0. The maximum Gasteiger partial charge on any atom is -0.0379 e. The van der Waals surface area contributed by atoms with Crippen LogP contribution in [0.4, 0.5) is 0 Å². The normalized spacial score (nSPS) is 8.25. The molecule has 0 aliphatic rings. The van der Waals surface area contributed by atoms with E-state index in [9.17, 15) is 0 Å². The fourth-order valence-electron chi connectivity index (χ4n) is 0.333. The molecule has 0 aromatic carbocycles. The molecular weight excluding hydrogens is 96.1 g/mol. The molecule has 0 radical (unpaired) electrons. The van der Waals surface area contributed by atoms with Crippen molar-refractivity contribution in [3.63, 3.8) is 0 Å². The molecule has 48 valence electrons. The molecule has 0 unspecified atom stereocenters. The molecule has 0 aromatic rings. The Hall–Kier alpha value is -0.520. The summed E-state index contributed by atoms with van der Waals surface area (Å²) in [5.41, 5.74) is 0. The molecule has 0 bridgehead atoms. The van der Waals surface area contributed by atoms with Gasteiger partial charge in [-0.05, 0) is 12.8 Å². The summed E-state index contributed by atoms with van der Waals surface area (Å²) in [6.45, 7) is 10.3. The minimum atomic E-state index is 1.17. The summed E-state index contributed by atoms with van der Waals surface area (Å²) in [4.78, 5) is 0. The molecule has 0 heteroatoms. The third-order valence-corrected chi connectivity index (χ3v) is 0.638. The van der Waals surface area contributed by atoms with E-state index < -0.39 is 0 Å². The predicted octanol–water partition coefficient (Wildman–Crippen LogP) is 3.16. The second-order valence-electron chi connectivity index (χ2n) is 1.29. The molecule has 0 aromatic heterocycles. The molecule has 0 atom stereocenters. The average molecular weight is 112 g/mol. The molecule has 0 rings (SSSR count). The third-order valence-electron chi connectivity index (χ3n) is 0.638. The predicted molar refractivity (Wildman–Crippen MR) is 41.0 cm³/mol. The number of hydrogen-bond donors (Lipinski definition) is 0. The highest BCUT2D eigenvalue weighted by Crippen LogP contribution is 1.81. The molecule has 0 aliphatic carbocycles. The maximum absolute atomic E-state index is 3.00. The van der Waals surface area contributed by atoms with Gasteiger partial charge in [0.05, 0.1) is 0 Å². The van der Waals surface area contributed by atoms with E-state index >= 15 is 0 Å². The van der Waals surface area contributed by atoms with Gasteiger partial charge in [0.2, 0.25) is 0 Å².